The lowest BCUT2D eigenvalue weighted by Gasteiger charge is -2.37. The zero-order chi connectivity index (χ0) is 19.0. The number of hydrogen-bond acceptors (Lipinski definition) is 2. The fourth-order valence-electron chi connectivity index (χ4n) is 3.06. The molecular formula is C18H26ClF3IN3O. The maximum atomic E-state index is 12.4. The topological polar surface area (TPSA) is 45.7 Å². The third kappa shape index (κ3) is 7.65. The third-order valence-corrected chi connectivity index (χ3v) is 4.81. The smallest absolute Gasteiger partial charge is 0.381 e. The Morgan fingerprint density at radius 1 is 1.22 bits per heavy atom. The number of halogens is 5. The van der Waals surface area contributed by atoms with E-state index < -0.39 is 12.6 Å². The predicted molar refractivity (Wildman–Crippen MR) is 113 cm³/mol. The van der Waals surface area contributed by atoms with E-state index in [9.17, 15) is 13.2 Å². The van der Waals surface area contributed by atoms with Crippen LogP contribution in [0.3, 0.4) is 0 Å². The van der Waals surface area contributed by atoms with E-state index in [1.165, 1.54) is 0 Å². The molecule has 4 nitrogen and oxygen atoms in total. The minimum absolute atomic E-state index is 0. The monoisotopic (exact) mass is 519 g/mol. The molecule has 27 heavy (non-hydrogen) atoms. The quantitative estimate of drug-likeness (QED) is 0.330. The largest absolute Gasteiger partial charge is 0.390 e. The van der Waals surface area contributed by atoms with Gasteiger partial charge in [-0.25, -0.2) is 0 Å². The van der Waals surface area contributed by atoms with Crippen LogP contribution >= 0.6 is 35.6 Å². The Morgan fingerprint density at radius 3 is 2.48 bits per heavy atom. The molecule has 0 atom stereocenters. The van der Waals surface area contributed by atoms with Crippen LogP contribution in [0.5, 0.6) is 0 Å². The Morgan fingerprint density at radius 2 is 1.89 bits per heavy atom. The van der Waals surface area contributed by atoms with Crippen molar-refractivity contribution in [2.75, 3.05) is 32.8 Å². The maximum absolute atomic E-state index is 12.4. The molecular weight excluding hydrogens is 494 g/mol. The SMILES string of the molecule is CCNC(=NCC1(c2ccccc2Cl)CCOCC1)NCCC(F)(F)F.I. The van der Waals surface area contributed by atoms with Crippen LogP contribution in [0.1, 0.15) is 31.7 Å². The molecule has 9 heteroatoms. The van der Waals surface area contributed by atoms with E-state index in [-0.39, 0.29) is 35.9 Å². The van der Waals surface area contributed by atoms with Crippen LogP contribution in [-0.4, -0.2) is 45.0 Å². The first-order chi connectivity index (χ1) is 12.4. The Hall–Kier alpha value is -0.740. The number of aliphatic imine (C=N–C) groups is 1. The fourth-order valence-corrected chi connectivity index (χ4v) is 3.40. The predicted octanol–water partition coefficient (Wildman–Crippen LogP) is 4.51. The van der Waals surface area contributed by atoms with E-state index in [1.54, 1.807) is 0 Å². The van der Waals surface area contributed by atoms with Gasteiger partial charge in [0.05, 0.1) is 13.0 Å². The molecule has 1 aromatic rings. The number of hydrogen-bond donors (Lipinski definition) is 2. The zero-order valence-electron chi connectivity index (χ0n) is 15.2. The van der Waals surface area contributed by atoms with Gasteiger partial charge in [0.1, 0.15) is 0 Å². The molecule has 0 aliphatic carbocycles. The maximum Gasteiger partial charge on any atom is 0.390 e. The van der Waals surface area contributed by atoms with Gasteiger partial charge in [0.15, 0.2) is 5.96 Å². The zero-order valence-corrected chi connectivity index (χ0v) is 18.3. The lowest BCUT2D eigenvalue weighted by Crippen LogP contribution is -2.42. The van der Waals surface area contributed by atoms with E-state index >= 15 is 0 Å². The summed E-state index contributed by atoms with van der Waals surface area (Å²) >= 11 is 6.41. The third-order valence-electron chi connectivity index (χ3n) is 4.48. The second kappa shape index (κ2) is 11.3. The summed E-state index contributed by atoms with van der Waals surface area (Å²) < 4.78 is 42.6. The summed E-state index contributed by atoms with van der Waals surface area (Å²) in [4.78, 5) is 4.56. The molecule has 1 aliphatic rings. The van der Waals surface area contributed by atoms with E-state index in [1.807, 2.05) is 31.2 Å². The molecule has 1 saturated heterocycles. The molecule has 0 spiro atoms. The van der Waals surface area contributed by atoms with Gasteiger partial charge in [-0.1, -0.05) is 29.8 Å². The number of benzene rings is 1. The summed E-state index contributed by atoms with van der Waals surface area (Å²) in [7, 11) is 0. The number of rotatable bonds is 6. The molecule has 2 rings (SSSR count). The van der Waals surface area contributed by atoms with Crippen LogP contribution in [0.4, 0.5) is 13.2 Å². The van der Waals surface area contributed by atoms with E-state index in [4.69, 9.17) is 16.3 Å². The van der Waals surface area contributed by atoms with Crippen molar-refractivity contribution in [3.63, 3.8) is 0 Å². The van der Waals surface area contributed by atoms with Gasteiger partial charge < -0.3 is 15.4 Å². The van der Waals surface area contributed by atoms with Gasteiger partial charge in [-0.3, -0.25) is 4.99 Å². The minimum Gasteiger partial charge on any atom is -0.381 e. The van der Waals surface area contributed by atoms with Gasteiger partial charge in [-0.15, -0.1) is 24.0 Å². The molecule has 1 fully saturated rings. The molecule has 0 saturated carbocycles. The Balaban J connectivity index is 0.00000364. The highest BCUT2D eigenvalue weighted by Crippen LogP contribution is 2.38. The van der Waals surface area contributed by atoms with Crippen molar-refractivity contribution >= 4 is 41.5 Å². The standard InChI is InChI=1S/C18H25ClF3N3O.HI/c1-2-23-16(24-10-7-18(20,21)22)25-13-17(8-11-26-12-9-17)14-5-3-4-6-15(14)19;/h3-6H,2,7-13H2,1H3,(H2,23,24,25);1H. The highest BCUT2D eigenvalue weighted by molar-refractivity contribution is 14.0. The molecule has 1 aliphatic heterocycles. The highest BCUT2D eigenvalue weighted by atomic mass is 127. The average Bonchev–Trinajstić information content (AvgIpc) is 2.60. The van der Waals surface area contributed by atoms with Gasteiger partial charge in [0.2, 0.25) is 0 Å². The van der Waals surface area contributed by atoms with Crippen LogP contribution in [0.2, 0.25) is 5.02 Å². The van der Waals surface area contributed by atoms with Crippen LogP contribution < -0.4 is 10.6 Å². The van der Waals surface area contributed by atoms with Gasteiger partial charge in [-0.2, -0.15) is 13.2 Å². The number of alkyl halides is 3. The Bertz CT molecular complexity index is 608. The van der Waals surface area contributed by atoms with Gasteiger partial charge in [-0.05, 0) is 31.4 Å². The summed E-state index contributed by atoms with van der Waals surface area (Å²) in [6, 6.07) is 7.66. The van der Waals surface area contributed by atoms with Crippen molar-refractivity contribution in [3.05, 3.63) is 34.9 Å². The first-order valence-electron chi connectivity index (χ1n) is 8.78. The summed E-state index contributed by atoms with van der Waals surface area (Å²) in [6.45, 7) is 3.88. The lowest BCUT2D eigenvalue weighted by atomic mass is 9.74. The first-order valence-corrected chi connectivity index (χ1v) is 9.16. The normalized spacial score (nSPS) is 17.1. The Labute approximate surface area is 180 Å². The van der Waals surface area contributed by atoms with Crippen molar-refractivity contribution in [1.82, 2.24) is 10.6 Å². The molecule has 154 valence electrons. The number of guanidine groups is 1. The van der Waals surface area contributed by atoms with Crippen molar-refractivity contribution in [3.8, 4) is 0 Å². The van der Waals surface area contributed by atoms with Crippen LogP contribution in [0.15, 0.2) is 29.3 Å². The van der Waals surface area contributed by atoms with Crippen LogP contribution in [0, 0.1) is 0 Å². The second-order valence-corrected chi connectivity index (χ2v) is 6.77. The summed E-state index contributed by atoms with van der Waals surface area (Å²) in [5.74, 6) is 0.384. The first kappa shape index (κ1) is 24.3. The molecule has 1 aromatic carbocycles. The summed E-state index contributed by atoms with van der Waals surface area (Å²) in [6.07, 6.45) is -3.56. The summed E-state index contributed by atoms with van der Waals surface area (Å²) in [5.41, 5.74) is 0.739. The van der Waals surface area contributed by atoms with E-state index in [2.05, 4.69) is 15.6 Å². The second-order valence-electron chi connectivity index (χ2n) is 6.36. The number of ether oxygens (including phenoxy) is 1. The Kier molecular flexibility index (Phi) is 10.2. The molecule has 0 bridgehead atoms. The molecule has 0 unspecified atom stereocenters. The van der Waals surface area contributed by atoms with Crippen LogP contribution in [0.25, 0.3) is 0 Å². The molecule has 0 aromatic heterocycles. The lowest BCUT2D eigenvalue weighted by molar-refractivity contribution is -0.132. The minimum atomic E-state index is -4.19. The fraction of sp³-hybridized carbons (Fsp3) is 0.611. The van der Waals surface area contributed by atoms with Gasteiger partial charge >= 0.3 is 6.18 Å². The molecule has 0 amide bonds. The number of nitrogens with zero attached hydrogens (tertiary/aromatic N) is 1. The van der Waals surface area contributed by atoms with Crippen molar-refractivity contribution < 1.29 is 17.9 Å². The molecule has 2 N–H and O–H groups in total. The average molecular weight is 520 g/mol. The molecule has 1 heterocycles. The van der Waals surface area contributed by atoms with Crippen molar-refractivity contribution in [2.45, 2.75) is 37.8 Å². The van der Waals surface area contributed by atoms with Crippen molar-refractivity contribution in [2.24, 2.45) is 4.99 Å². The van der Waals surface area contributed by atoms with Gasteiger partial charge in [0, 0.05) is 36.7 Å². The molecule has 0 radical (unpaired) electrons. The van der Waals surface area contributed by atoms with Gasteiger partial charge in [0.25, 0.3) is 0 Å². The van der Waals surface area contributed by atoms with E-state index in [0.717, 1.165) is 18.4 Å². The number of nitrogens with one attached hydrogen (secondary N) is 2. The highest BCUT2D eigenvalue weighted by Gasteiger charge is 2.36. The van der Waals surface area contributed by atoms with Crippen LogP contribution in [-0.2, 0) is 10.2 Å². The van der Waals surface area contributed by atoms with E-state index in [0.29, 0.717) is 37.3 Å². The summed E-state index contributed by atoms with van der Waals surface area (Å²) in [5, 5.41) is 6.43. The van der Waals surface area contributed by atoms with Crippen molar-refractivity contribution in [1.29, 1.82) is 0 Å².